The highest BCUT2D eigenvalue weighted by Crippen LogP contribution is 2.19. The van der Waals surface area contributed by atoms with E-state index in [0.29, 0.717) is 16.9 Å². The van der Waals surface area contributed by atoms with E-state index >= 15 is 0 Å². The van der Waals surface area contributed by atoms with Crippen molar-refractivity contribution in [3.05, 3.63) is 75.8 Å². The van der Waals surface area contributed by atoms with Gasteiger partial charge in [0, 0.05) is 11.6 Å². The number of ketones is 1. The van der Waals surface area contributed by atoms with Gasteiger partial charge in [0.1, 0.15) is 12.4 Å². The molecule has 2 aromatic rings. The zero-order chi connectivity index (χ0) is 17.5. The summed E-state index contributed by atoms with van der Waals surface area (Å²) < 4.78 is 4.91. The number of nitro groups is 1. The van der Waals surface area contributed by atoms with Gasteiger partial charge in [0.2, 0.25) is 0 Å². The molecular weight excluding hydrogens is 314 g/mol. The number of ether oxygens (including phenoxy) is 1. The molecule has 0 aliphatic carbocycles. The molecule has 0 bridgehead atoms. The Bertz CT molecular complexity index is 795. The van der Waals surface area contributed by atoms with Gasteiger partial charge in [-0.15, -0.1) is 0 Å². The van der Waals surface area contributed by atoms with Gasteiger partial charge < -0.3 is 14.6 Å². The second-order valence-corrected chi connectivity index (χ2v) is 4.70. The SMILES string of the molecule is O=C([O-])COc1ccc(C(=O)/C=C/c2ccccc2[N+](=O)[O-])cc1. The monoisotopic (exact) mass is 326 g/mol. The maximum atomic E-state index is 12.1. The lowest BCUT2D eigenvalue weighted by Gasteiger charge is -2.06. The molecule has 0 amide bonds. The van der Waals surface area contributed by atoms with E-state index in [9.17, 15) is 24.8 Å². The number of para-hydroxylation sites is 1. The third-order valence-electron chi connectivity index (χ3n) is 3.04. The predicted molar refractivity (Wildman–Crippen MR) is 83.4 cm³/mol. The van der Waals surface area contributed by atoms with Crippen molar-refractivity contribution in [1.82, 2.24) is 0 Å². The highest BCUT2D eigenvalue weighted by atomic mass is 16.6. The Balaban J connectivity index is 2.10. The number of rotatable bonds is 7. The molecule has 0 atom stereocenters. The summed E-state index contributed by atoms with van der Waals surface area (Å²) in [6.07, 6.45) is 2.61. The number of carbonyl (C=O) groups excluding carboxylic acids is 2. The van der Waals surface area contributed by atoms with Gasteiger partial charge >= 0.3 is 0 Å². The Hall–Kier alpha value is -3.48. The summed E-state index contributed by atoms with van der Waals surface area (Å²) in [6, 6.07) is 11.9. The first-order valence-corrected chi connectivity index (χ1v) is 6.86. The molecule has 0 radical (unpaired) electrons. The van der Waals surface area contributed by atoms with Crippen molar-refractivity contribution in [2.45, 2.75) is 0 Å². The molecule has 0 saturated heterocycles. The second kappa shape index (κ2) is 7.68. The lowest BCUT2D eigenvalue weighted by Crippen LogP contribution is -2.28. The largest absolute Gasteiger partial charge is 0.546 e. The first kappa shape index (κ1) is 16.9. The maximum Gasteiger partial charge on any atom is 0.276 e. The molecule has 0 unspecified atom stereocenters. The van der Waals surface area contributed by atoms with Crippen molar-refractivity contribution in [1.29, 1.82) is 0 Å². The van der Waals surface area contributed by atoms with Crippen LogP contribution in [0.1, 0.15) is 15.9 Å². The fourth-order valence-electron chi connectivity index (χ4n) is 1.91. The van der Waals surface area contributed by atoms with Gasteiger partial charge in [-0.05, 0) is 42.5 Å². The van der Waals surface area contributed by atoms with E-state index in [-0.39, 0.29) is 11.5 Å². The van der Waals surface area contributed by atoms with Crippen LogP contribution in [-0.2, 0) is 4.79 Å². The first-order chi connectivity index (χ1) is 11.5. The van der Waals surface area contributed by atoms with Crippen LogP contribution in [0.15, 0.2) is 54.6 Å². The number of hydrogen-bond acceptors (Lipinski definition) is 6. The molecular formula is C17H12NO6-. The fraction of sp³-hybridized carbons (Fsp3) is 0.0588. The average molecular weight is 326 g/mol. The molecule has 24 heavy (non-hydrogen) atoms. The van der Waals surface area contributed by atoms with Crippen LogP contribution in [-0.4, -0.2) is 23.3 Å². The van der Waals surface area contributed by atoms with E-state index < -0.39 is 17.5 Å². The molecule has 0 N–H and O–H groups in total. The molecule has 0 spiro atoms. The van der Waals surface area contributed by atoms with Crippen LogP contribution in [0.3, 0.4) is 0 Å². The second-order valence-electron chi connectivity index (χ2n) is 4.70. The number of nitrogens with zero attached hydrogens (tertiary/aromatic N) is 1. The molecule has 0 heterocycles. The number of allylic oxidation sites excluding steroid dienone is 1. The molecule has 0 aliphatic rings. The molecule has 0 aromatic heterocycles. The number of carbonyl (C=O) groups is 2. The smallest absolute Gasteiger partial charge is 0.276 e. The molecule has 0 fully saturated rings. The highest BCUT2D eigenvalue weighted by molar-refractivity contribution is 6.07. The Labute approximate surface area is 137 Å². The Morgan fingerprint density at radius 1 is 1.08 bits per heavy atom. The van der Waals surface area contributed by atoms with Gasteiger partial charge in [-0.1, -0.05) is 12.1 Å². The molecule has 122 valence electrons. The number of benzene rings is 2. The minimum atomic E-state index is -1.34. The normalized spacial score (nSPS) is 10.5. The molecule has 7 heteroatoms. The van der Waals surface area contributed by atoms with Gasteiger partial charge in [-0.2, -0.15) is 0 Å². The van der Waals surface area contributed by atoms with Gasteiger partial charge in [-0.3, -0.25) is 14.9 Å². The average Bonchev–Trinajstić information content (AvgIpc) is 2.58. The van der Waals surface area contributed by atoms with Gasteiger partial charge in [0.05, 0.1) is 16.5 Å². The summed E-state index contributed by atoms with van der Waals surface area (Å²) in [4.78, 5) is 32.8. The van der Waals surface area contributed by atoms with E-state index in [4.69, 9.17) is 4.74 Å². The molecule has 2 rings (SSSR count). The van der Waals surface area contributed by atoms with Crippen molar-refractivity contribution in [3.8, 4) is 5.75 Å². The topological polar surface area (TPSA) is 110 Å². The van der Waals surface area contributed by atoms with E-state index in [1.807, 2.05) is 0 Å². The molecule has 2 aromatic carbocycles. The summed E-state index contributed by atoms with van der Waals surface area (Å²) >= 11 is 0. The van der Waals surface area contributed by atoms with E-state index in [0.717, 1.165) is 0 Å². The number of aliphatic carboxylic acids is 1. The fourth-order valence-corrected chi connectivity index (χ4v) is 1.91. The van der Waals surface area contributed by atoms with Crippen molar-refractivity contribution in [2.75, 3.05) is 6.61 Å². The summed E-state index contributed by atoms with van der Waals surface area (Å²) in [6.45, 7) is -0.579. The van der Waals surface area contributed by atoms with Gasteiger partial charge in [0.25, 0.3) is 5.69 Å². The summed E-state index contributed by atoms with van der Waals surface area (Å²) in [5.41, 5.74) is 0.572. The van der Waals surface area contributed by atoms with E-state index in [2.05, 4.69) is 0 Å². The van der Waals surface area contributed by atoms with E-state index in [1.54, 1.807) is 18.2 Å². The predicted octanol–water partition coefficient (Wildman–Crippen LogP) is 1.62. The van der Waals surface area contributed by atoms with Crippen LogP contribution in [0.25, 0.3) is 6.08 Å². The lowest BCUT2D eigenvalue weighted by atomic mass is 10.1. The van der Waals surface area contributed by atoms with Crippen molar-refractivity contribution >= 4 is 23.5 Å². The first-order valence-electron chi connectivity index (χ1n) is 6.86. The van der Waals surface area contributed by atoms with Gasteiger partial charge in [0.15, 0.2) is 5.78 Å². The number of carboxylic acid groups (broad SMARTS) is 1. The summed E-state index contributed by atoms with van der Waals surface area (Å²) in [7, 11) is 0. The minimum absolute atomic E-state index is 0.0902. The number of carboxylic acids is 1. The summed E-state index contributed by atoms with van der Waals surface area (Å²) in [5.74, 6) is -1.40. The Morgan fingerprint density at radius 3 is 2.38 bits per heavy atom. The van der Waals surface area contributed by atoms with Crippen LogP contribution >= 0.6 is 0 Å². The van der Waals surface area contributed by atoms with Gasteiger partial charge in [-0.25, -0.2) is 0 Å². The third kappa shape index (κ3) is 4.51. The van der Waals surface area contributed by atoms with Crippen molar-refractivity contribution < 1.29 is 24.4 Å². The quantitative estimate of drug-likeness (QED) is 0.331. The summed E-state index contributed by atoms with van der Waals surface area (Å²) in [5, 5.41) is 21.2. The van der Waals surface area contributed by atoms with Crippen molar-refractivity contribution in [2.24, 2.45) is 0 Å². The standard InChI is InChI=1S/C17H13NO6/c19-16(10-7-12-3-1-2-4-15(12)18(22)23)13-5-8-14(9-6-13)24-11-17(20)21/h1-10H,11H2,(H,20,21)/p-1/b10-7+. The van der Waals surface area contributed by atoms with Crippen LogP contribution < -0.4 is 9.84 Å². The van der Waals surface area contributed by atoms with Crippen LogP contribution in [0.5, 0.6) is 5.75 Å². The molecule has 0 aliphatic heterocycles. The maximum absolute atomic E-state index is 12.1. The van der Waals surface area contributed by atoms with Crippen LogP contribution in [0.4, 0.5) is 5.69 Å². The molecule has 0 saturated carbocycles. The Kier molecular flexibility index (Phi) is 5.40. The highest BCUT2D eigenvalue weighted by Gasteiger charge is 2.10. The Morgan fingerprint density at radius 2 is 1.75 bits per heavy atom. The number of nitro benzene ring substituents is 1. The third-order valence-corrected chi connectivity index (χ3v) is 3.04. The zero-order valence-electron chi connectivity index (χ0n) is 12.4. The lowest BCUT2D eigenvalue weighted by molar-refractivity contribution is -0.385. The van der Waals surface area contributed by atoms with Crippen LogP contribution in [0.2, 0.25) is 0 Å². The zero-order valence-corrected chi connectivity index (χ0v) is 12.4. The number of hydrogen-bond donors (Lipinski definition) is 0. The van der Waals surface area contributed by atoms with E-state index in [1.165, 1.54) is 42.5 Å². The van der Waals surface area contributed by atoms with Crippen LogP contribution in [0, 0.1) is 10.1 Å². The van der Waals surface area contributed by atoms with Crippen molar-refractivity contribution in [3.63, 3.8) is 0 Å². The minimum Gasteiger partial charge on any atom is -0.546 e. The molecule has 7 nitrogen and oxygen atoms in total.